The second-order valence-electron chi connectivity index (χ2n) is 5.52. The molecule has 1 aliphatic rings. The van der Waals surface area contributed by atoms with Crippen molar-refractivity contribution in [2.75, 3.05) is 4.90 Å². The van der Waals surface area contributed by atoms with Gasteiger partial charge in [-0.05, 0) is 42.3 Å². The molecule has 0 radical (unpaired) electrons. The Hall–Kier alpha value is -2.72. The van der Waals surface area contributed by atoms with Crippen LogP contribution in [0, 0.1) is 18.3 Å². The van der Waals surface area contributed by atoms with Crippen molar-refractivity contribution >= 4 is 11.4 Å². The lowest BCUT2D eigenvalue weighted by Gasteiger charge is -2.36. The van der Waals surface area contributed by atoms with Gasteiger partial charge < -0.3 is 4.90 Å². The third-order valence-electron chi connectivity index (χ3n) is 4.02. The van der Waals surface area contributed by atoms with Crippen LogP contribution in [0.1, 0.15) is 12.5 Å². The van der Waals surface area contributed by atoms with E-state index in [0.717, 1.165) is 11.3 Å². The maximum atomic E-state index is 5.47. The summed E-state index contributed by atoms with van der Waals surface area (Å²) in [5, 5.41) is 0. The standard InChI is InChI=1S/C21H19N/c1-3-18-13-15-20(16-14-18)22(19-10-5-4-6-11-19)21-12-8-7-9-17(21)2/h1,4-17,21H,2H3. The number of nitrogens with zero attached hydrogens (tertiary/aromatic N) is 1. The van der Waals surface area contributed by atoms with E-state index in [1.807, 2.05) is 18.2 Å². The molecule has 0 heterocycles. The van der Waals surface area contributed by atoms with Crippen molar-refractivity contribution in [1.29, 1.82) is 0 Å². The Morgan fingerprint density at radius 3 is 2.14 bits per heavy atom. The van der Waals surface area contributed by atoms with Crippen LogP contribution in [0.25, 0.3) is 0 Å². The van der Waals surface area contributed by atoms with Gasteiger partial charge in [-0.3, -0.25) is 0 Å². The van der Waals surface area contributed by atoms with Crippen molar-refractivity contribution < 1.29 is 0 Å². The van der Waals surface area contributed by atoms with Gasteiger partial charge in [-0.2, -0.15) is 0 Å². The molecule has 0 aromatic heterocycles. The molecule has 0 saturated heterocycles. The van der Waals surface area contributed by atoms with Gasteiger partial charge in [0.15, 0.2) is 0 Å². The number of anilines is 2. The highest BCUT2D eigenvalue weighted by Gasteiger charge is 2.23. The summed E-state index contributed by atoms with van der Waals surface area (Å²) in [6.07, 6.45) is 14.2. The average Bonchev–Trinajstić information content (AvgIpc) is 2.58. The van der Waals surface area contributed by atoms with Gasteiger partial charge in [0, 0.05) is 16.9 Å². The first kappa shape index (κ1) is 14.2. The first-order chi connectivity index (χ1) is 10.8. The summed E-state index contributed by atoms with van der Waals surface area (Å²) in [4.78, 5) is 2.37. The van der Waals surface area contributed by atoms with Gasteiger partial charge in [0.2, 0.25) is 0 Å². The van der Waals surface area contributed by atoms with Gasteiger partial charge >= 0.3 is 0 Å². The first-order valence-electron chi connectivity index (χ1n) is 7.55. The Kier molecular flexibility index (Phi) is 4.12. The minimum Gasteiger partial charge on any atom is -0.334 e. The minimum absolute atomic E-state index is 0.295. The Balaban J connectivity index is 2.04. The molecular weight excluding hydrogens is 266 g/mol. The fourth-order valence-corrected chi connectivity index (χ4v) is 2.83. The molecule has 0 aliphatic heterocycles. The van der Waals surface area contributed by atoms with Crippen molar-refractivity contribution in [2.45, 2.75) is 13.0 Å². The van der Waals surface area contributed by atoms with Crippen LogP contribution in [-0.4, -0.2) is 6.04 Å². The van der Waals surface area contributed by atoms with Crippen LogP contribution < -0.4 is 4.90 Å². The second kappa shape index (κ2) is 6.37. The maximum Gasteiger partial charge on any atom is 0.0585 e. The topological polar surface area (TPSA) is 3.24 Å². The smallest absolute Gasteiger partial charge is 0.0585 e. The Morgan fingerprint density at radius 2 is 1.50 bits per heavy atom. The van der Waals surface area contributed by atoms with Gasteiger partial charge in [-0.15, -0.1) is 6.42 Å². The number of terminal acetylenes is 1. The molecule has 2 unspecified atom stereocenters. The number of rotatable bonds is 3. The molecule has 0 spiro atoms. The predicted octanol–water partition coefficient (Wildman–Crippen LogP) is 4.94. The summed E-state index contributed by atoms with van der Waals surface area (Å²) in [5.74, 6) is 3.12. The number of allylic oxidation sites excluding steroid dienone is 2. The molecule has 0 N–H and O–H groups in total. The molecule has 1 nitrogen and oxygen atoms in total. The lowest BCUT2D eigenvalue weighted by molar-refractivity contribution is 0.609. The zero-order valence-corrected chi connectivity index (χ0v) is 12.7. The Labute approximate surface area is 132 Å². The quantitative estimate of drug-likeness (QED) is 0.722. The molecular formula is C21H19N. The van der Waals surface area contributed by atoms with Crippen molar-refractivity contribution in [1.82, 2.24) is 0 Å². The highest BCUT2D eigenvalue weighted by atomic mass is 15.2. The second-order valence-corrected chi connectivity index (χ2v) is 5.52. The SMILES string of the molecule is C#Cc1ccc(N(c2ccccc2)C2C=CC=CC2C)cc1. The minimum atomic E-state index is 0.295. The third-order valence-corrected chi connectivity index (χ3v) is 4.02. The monoisotopic (exact) mass is 285 g/mol. The molecule has 2 aromatic rings. The molecule has 108 valence electrons. The van der Waals surface area contributed by atoms with Gasteiger partial charge in [0.05, 0.1) is 6.04 Å². The number of hydrogen-bond acceptors (Lipinski definition) is 1. The highest BCUT2D eigenvalue weighted by molar-refractivity contribution is 5.66. The molecule has 0 bridgehead atoms. The molecule has 0 amide bonds. The normalized spacial score (nSPS) is 19.6. The molecule has 22 heavy (non-hydrogen) atoms. The number of hydrogen-bond donors (Lipinski definition) is 0. The molecule has 2 atom stereocenters. The van der Waals surface area contributed by atoms with E-state index in [1.54, 1.807) is 0 Å². The highest BCUT2D eigenvalue weighted by Crippen LogP contribution is 2.32. The van der Waals surface area contributed by atoms with Gasteiger partial charge in [-0.25, -0.2) is 0 Å². The van der Waals surface area contributed by atoms with E-state index in [-0.39, 0.29) is 0 Å². The predicted molar refractivity (Wildman–Crippen MR) is 94.2 cm³/mol. The van der Waals surface area contributed by atoms with Crippen LogP contribution in [0.3, 0.4) is 0 Å². The summed E-state index contributed by atoms with van der Waals surface area (Å²) in [5.41, 5.74) is 3.25. The summed E-state index contributed by atoms with van der Waals surface area (Å²) >= 11 is 0. The average molecular weight is 285 g/mol. The van der Waals surface area contributed by atoms with E-state index < -0.39 is 0 Å². The van der Waals surface area contributed by atoms with E-state index in [2.05, 4.69) is 78.4 Å². The molecule has 0 fully saturated rings. The van der Waals surface area contributed by atoms with Crippen LogP contribution in [0.5, 0.6) is 0 Å². The third kappa shape index (κ3) is 2.82. The van der Waals surface area contributed by atoms with Crippen LogP contribution in [-0.2, 0) is 0 Å². The lowest BCUT2D eigenvalue weighted by Crippen LogP contribution is -2.35. The van der Waals surface area contributed by atoms with E-state index in [4.69, 9.17) is 6.42 Å². The van der Waals surface area contributed by atoms with Gasteiger partial charge in [0.1, 0.15) is 0 Å². The van der Waals surface area contributed by atoms with Crippen molar-refractivity contribution in [3.63, 3.8) is 0 Å². The first-order valence-corrected chi connectivity index (χ1v) is 7.55. The fraction of sp³-hybridized carbons (Fsp3) is 0.143. The number of para-hydroxylation sites is 1. The Morgan fingerprint density at radius 1 is 0.864 bits per heavy atom. The van der Waals surface area contributed by atoms with E-state index in [1.165, 1.54) is 5.69 Å². The molecule has 0 saturated carbocycles. The van der Waals surface area contributed by atoms with E-state index in [0.29, 0.717) is 12.0 Å². The van der Waals surface area contributed by atoms with Gasteiger partial charge in [0.25, 0.3) is 0 Å². The van der Waals surface area contributed by atoms with E-state index in [9.17, 15) is 0 Å². The molecule has 1 heteroatoms. The van der Waals surface area contributed by atoms with Crippen molar-refractivity contribution in [3.8, 4) is 12.3 Å². The molecule has 2 aromatic carbocycles. The summed E-state index contributed by atoms with van der Waals surface area (Å²) in [6, 6.07) is 19.0. The van der Waals surface area contributed by atoms with Gasteiger partial charge in [-0.1, -0.05) is 55.3 Å². The Bertz CT molecular complexity index is 717. The zero-order chi connectivity index (χ0) is 15.4. The summed E-state index contributed by atoms with van der Waals surface area (Å²) < 4.78 is 0. The molecule has 1 aliphatic carbocycles. The van der Waals surface area contributed by atoms with Crippen LogP contribution in [0.4, 0.5) is 11.4 Å². The van der Waals surface area contributed by atoms with E-state index >= 15 is 0 Å². The van der Waals surface area contributed by atoms with Crippen LogP contribution in [0.15, 0.2) is 78.9 Å². The fourth-order valence-electron chi connectivity index (χ4n) is 2.83. The zero-order valence-electron chi connectivity index (χ0n) is 12.7. The lowest BCUT2D eigenvalue weighted by atomic mass is 9.94. The van der Waals surface area contributed by atoms with Crippen LogP contribution in [0.2, 0.25) is 0 Å². The summed E-state index contributed by atoms with van der Waals surface area (Å²) in [7, 11) is 0. The van der Waals surface area contributed by atoms with Crippen LogP contribution >= 0.6 is 0 Å². The maximum absolute atomic E-state index is 5.47. The summed E-state index contributed by atoms with van der Waals surface area (Å²) in [6.45, 7) is 2.25. The van der Waals surface area contributed by atoms with Crippen molar-refractivity contribution in [3.05, 3.63) is 84.5 Å². The number of benzene rings is 2. The largest absolute Gasteiger partial charge is 0.334 e. The molecule has 3 rings (SSSR count). The van der Waals surface area contributed by atoms with Crippen molar-refractivity contribution in [2.24, 2.45) is 5.92 Å².